The van der Waals surface area contributed by atoms with E-state index >= 15 is 0 Å². The summed E-state index contributed by atoms with van der Waals surface area (Å²) in [6, 6.07) is 6.99. The number of carbonyl (C=O) groups is 3. The standard InChI is InChI=1S/C33H48N2O6/c1-9-12-26(23(10-2)13-11-18-32(6,7)22-41-30(34)39)24-14-16-25(17-15-24)33(40-8)19-27(29(37)38)35(21-33)28(36)20-31(3,4)5/h9-10,12,14-17,27H,1,11,13,18-22H2,2-8H3,(H2,34,39)(H,37,38)/b23-10-,26-12+/t27-,33-/m0/s1. The van der Waals surface area contributed by atoms with E-state index in [0.29, 0.717) is 0 Å². The summed E-state index contributed by atoms with van der Waals surface area (Å²) in [7, 11) is 1.57. The number of rotatable bonds is 13. The Balaban J connectivity index is 2.27. The Morgan fingerprint density at radius 1 is 1.17 bits per heavy atom. The Labute approximate surface area is 245 Å². The van der Waals surface area contributed by atoms with Gasteiger partial charge in [-0.25, -0.2) is 9.59 Å². The molecule has 0 aromatic heterocycles. The first-order valence-electron chi connectivity index (χ1n) is 14.2. The van der Waals surface area contributed by atoms with Crippen LogP contribution in [-0.4, -0.2) is 54.3 Å². The van der Waals surface area contributed by atoms with Crippen molar-refractivity contribution in [2.45, 2.75) is 85.3 Å². The van der Waals surface area contributed by atoms with Crippen LogP contribution in [0.3, 0.4) is 0 Å². The van der Waals surface area contributed by atoms with Gasteiger partial charge in [0.1, 0.15) is 11.6 Å². The molecule has 0 aliphatic carbocycles. The summed E-state index contributed by atoms with van der Waals surface area (Å²) in [6.45, 7) is 16.4. The number of nitrogens with two attached hydrogens (primary N) is 1. The molecular weight excluding hydrogens is 520 g/mol. The number of likely N-dealkylation sites (tertiary alicyclic amines) is 1. The third-order valence-electron chi connectivity index (χ3n) is 7.61. The molecule has 8 heteroatoms. The molecule has 0 unspecified atom stereocenters. The summed E-state index contributed by atoms with van der Waals surface area (Å²) >= 11 is 0. The van der Waals surface area contributed by atoms with Gasteiger partial charge in [-0.15, -0.1) is 0 Å². The lowest BCUT2D eigenvalue weighted by molar-refractivity contribution is -0.149. The minimum Gasteiger partial charge on any atom is -0.480 e. The van der Waals surface area contributed by atoms with Gasteiger partial charge in [0.2, 0.25) is 5.91 Å². The van der Waals surface area contributed by atoms with Crippen LogP contribution < -0.4 is 5.73 Å². The molecule has 2 rings (SSSR count). The van der Waals surface area contributed by atoms with E-state index in [4.69, 9.17) is 15.2 Å². The average Bonchev–Trinajstić information content (AvgIpc) is 3.30. The number of methoxy groups -OCH3 is 1. The number of allylic oxidation sites excluding steroid dienone is 5. The summed E-state index contributed by atoms with van der Waals surface area (Å²) in [6.07, 6.45) is 8.09. The molecule has 0 bridgehead atoms. The monoisotopic (exact) mass is 568 g/mol. The summed E-state index contributed by atoms with van der Waals surface area (Å²) < 4.78 is 11.0. The maximum Gasteiger partial charge on any atom is 0.404 e. The van der Waals surface area contributed by atoms with Crippen LogP contribution in [-0.2, 0) is 24.7 Å². The number of hydrogen-bond acceptors (Lipinski definition) is 5. The molecule has 1 fully saturated rings. The van der Waals surface area contributed by atoms with E-state index in [-0.39, 0.29) is 42.7 Å². The fourth-order valence-corrected chi connectivity index (χ4v) is 5.38. The zero-order chi connectivity index (χ0) is 31.0. The lowest BCUT2D eigenvalue weighted by Gasteiger charge is -2.29. The van der Waals surface area contributed by atoms with Gasteiger partial charge in [0.25, 0.3) is 0 Å². The quantitative estimate of drug-likeness (QED) is 0.264. The molecule has 226 valence electrons. The average molecular weight is 569 g/mol. The maximum absolute atomic E-state index is 13.1. The number of nitrogens with zero attached hydrogens (tertiary/aromatic N) is 1. The molecular formula is C33H48N2O6. The number of amides is 2. The lowest BCUT2D eigenvalue weighted by Crippen LogP contribution is -2.42. The minimum absolute atomic E-state index is 0.179. The van der Waals surface area contributed by atoms with Gasteiger partial charge in [0, 0.05) is 20.0 Å². The molecule has 1 aromatic carbocycles. The molecule has 1 aliphatic heterocycles. The van der Waals surface area contributed by atoms with Crippen molar-refractivity contribution in [3.05, 3.63) is 65.8 Å². The van der Waals surface area contributed by atoms with Crippen molar-refractivity contribution in [2.75, 3.05) is 20.3 Å². The van der Waals surface area contributed by atoms with Crippen molar-refractivity contribution >= 4 is 23.5 Å². The number of carbonyl (C=O) groups excluding carboxylic acids is 2. The summed E-state index contributed by atoms with van der Waals surface area (Å²) in [5.74, 6) is -1.21. The third-order valence-corrected chi connectivity index (χ3v) is 7.61. The topological polar surface area (TPSA) is 119 Å². The van der Waals surface area contributed by atoms with E-state index in [2.05, 4.69) is 12.7 Å². The van der Waals surface area contributed by atoms with E-state index in [1.165, 1.54) is 4.90 Å². The van der Waals surface area contributed by atoms with E-state index in [1.807, 2.05) is 71.9 Å². The summed E-state index contributed by atoms with van der Waals surface area (Å²) in [5, 5.41) is 9.94. The van der Waals surface area contributed by atoms with Crippen molar-refractivity contribution in [3.8, 4) is 0 Å². The highest BCUT2D eigenvalue weighted by Crippen LogP contribution is 2.41. The van der Waals surface area contributed by atoms with Crippen LogP contribution in [0.1, 0.15) is 84.8 Å². The van der Waals surface area contributed by atoms with Crippen LogP contribution in [0.15, 0.2) is 54.6 Å². The fourth-order valence-electron chi connectivity index (χ4n) is 5.38. The first-order valence-corrected chi connectivity index (χ1v) is 14.2. The van der Waals surface area contributed by atoms with Gasteiger partial charge in [0.15, 0.2) is 0 Å². The highest BCUT2D eigenvalue weighted by Gasteiger charge is 2.50. The second-order valence-corrected chi connectivity index (χ2v) is 12.8. The van der Waals surface area contributed by atoms with Crippen LogP contribution in [0.4, 0.5) is 4.79 Å². The SMILES string of the molecule is C=C/C=C(\C(=C/C)CCCC(C)(C)COC(N)=O)c1ccc([C@]2(OC)C[C@@H](C(=O)O)N(C(=O)CC(C)(C)C)C2)cc1. The minimum atomic E-state index is -1.03. The van der Waals surface area contributed by atoms with Crippen LogP contribution in [0.5, 0.6) is 0 Å². The molecule has 3 N–H and O–H groups in total. The molecule has 8 nitrogen and oxygen atoms in total. The molecule has 0 spiro atoms. The van der Waals surface area contributed by atoms with Crippen molar-refractivity contribution in [1.29, 1.82) is 0 Å². The predicted molar refractivity (Wildman–Crippen MR) is 162 cm³/mol. The molecule has 1 aromatic rings. The summed E-state index contributed by atoms with van der Waals surface area (Å²) in [4.78, 5) is 37.7. The molecule has 1 heterocycles. The number of aliphatic carboxylic acids is 1. The Bertz CT molecular complexity index is 1160. The Hall–Kier alpha value is -3.39. The van der Waals surface area contributed by atoms with Gasteiger partial charge in [0.05, 0.1) is 13.2 Å². The van der Waals surface area contributed by atoms with Crippen molar-refractivity contribution in [2.24, 2.45) is 16.6 Å². The van der Waals surface area contributed by atoms with Crippen molar-refractivity contribution < 1.29 is 29.0 Å². The number of benzene rings is 1. The zero-order valence-electron chi connectivity index (χ0n) is 25.8. The molecule has 2 amide bonds. The molecule has 0 radical (unpaired) electrons. The van der Waals surface area contributed by atoms with Gasteiger partial charge in [-0.05, 0) is 59.3 Å². The van der Waals surface area contributed by atoms with Crippen LogP contribution in [0.25, 0.3) is 5.57 Å². The highest BCUT2D eigenvalue weighted by molar-refractivity contribution is 5.85. The largest absolute Gasteiger partial charge is 0.480 e. The lowest BCUT2D eigenvalue weighted by atomic mass is 9.85. The van der Waals surface area contributed by atoms with Gasteiger partial charge in [-0.1, -0.05) is 83.7 Å². The van der Waals surface area contributed by atoms with Crippen molar-refractivity contribution in [3.63, 3.8) is 0 Å². The second-order valence-electron chi connectivity index (χ2n) is 12.8. The number of carboxylic acid groups (broad SMARTS) is 1. The number of carboxylic acids is 1. The first-order chi connectivity index (χ1) is 19.1. The molecule has 1 saturated heterocycles. The third kappa shape index (κ3) is 9.32. The van der Waals surface area contributed by atoms with Gasteiger partial charge < -0.3 is 25.2 Å². The van der Waals surface area contributed by atoms with E-state index < -0.39 is 23.7 Å². The normalized spacial score (nSPS) is 20.2. The van der Waals surface area contributed by atoms with Crippen LogP contribution in [0.2, 0.25) is 0 Å². The van der Waals surface area contributed by atoms with E-state index in [0.717, 1.165) is 41.5 Å². The molecule has 41 heavy (non-hydrogen) atoms. The van der Waals surface area contributed by atoms with Crippen LogP contribution in [0, 0.1) is 10.8 Å². The Morgan fingerprint density at radius 3 is 2.29 bits per heavy atom. The highest BCUT2D eigenvalue weighted by atomic mass is 16.5. The van der Waals surface area contributed by atoms with Gasteiger partial charge >= 0.3 is 12.1 Å². The number of ether oxygens (including phenoxy) is 2. The molecule has 0 saturated carbocycles. The van der Waals surface area contributed by atoms with E-state index in [1.54, 1.807) is 13.2 Å². The predicted octanol–water partition coefficient (Wildman–Crippen LogP) is 6.46. The fraction of sp³-hybridized carbons (Fsp3) is 0.545. The smallest absolute Gasteiger partial charge is 0.404 e. The molecule has 1 aliphatic rings. The summed E-state index contributed by atoms with van der Waals surface area (Å²) in [5.41, 5.74) is 7.80. The zero-order valence-corrected chi connectivity index (χ0v) is 25.8. The van der Waals surface area contributed by atoms with Crippen LogP contribution >= 0.6 is 0 Å². The maximum atomic E-state index is 13.1. The Kier molecular flexibility index (Phi) is 11.5. The van der Waals surface area contributed by atoms with Gasteiger partial charge in [-0.2, -0.15) is 0 Å². The van der Waals surface area contributed by atoms with Crippen molar-refractivity contribution in [1.82, 2.24) is 4.90 Å². The van der Waals surface area contributed by atoms with E-state index in [9.17, 15) is 19.5 Å². The number of hydrogen-bond donors (Lipinski definition) is 2. The number of primary amides is 1. The van der Waals surface area contributed by atoms with Gasteiger partial charge in [-0.3, -0.25) is 4.79 Å². The second kappa shape index (κ2) is 14.0. The molecule has 2 atom stereocenters. The first kappa shape index (κ1) is 33.8. The Morgan fingerprint density at radius 2 is 1.80 bits per heavy atom.